The van der Waals surface area contributed by atoms with Crippen molar-refractivity contribution in [2.75, 3.05) is 19.7 Å². The highest BCUT2D eigenvalue weighted by molar-refractivity contribution is 7.89. The van der Waals surface area contributed by atoms with Crippen molar-refractivity contribution >= 4 is 21.4 Å². The van der Waals surface area contributed by atoms with Gasteiger partial charge >= 0.3 is 0 Å². The molecule has 9 heteroatoms. The Kier molecular flexibility index (Phi) is 5.47. The summed E-state index contributed by atoms with van der Waals surface area (Å²) in [6.45, 7) is 3.02. The fourth-order valence-electron chi connectivity index (χ4n) is 3.34. The number of para-hydroxylation sites is 1. The van der Waals surface area contributed by atoms with Crippen LogP contribution in [0.5, 0.6) is 5.75 Å². The Bertz CT molecular complexity index is 1030. The molecule has 1 unspecified atom stereocenters. The average molecular weight is 420 g/mol. The summed E-state index contributed by atoms with van der Waals surface area (Å²) in [4.78, 5) is 1.10. The highest BCUT2D eigenvalue weighted by Gasteiger charge is 2.34. The van der Waals surface area contributed by atoms with E-state index in [0.29, 0.717) is 37.2 Å². The number of piperidine rings is 1. The zero-order valence-electron chi connectivity index (χ0n) is 15.4. The summed E-state index contributed by atoms with van der Waals surface area (Å²) in [7, 11) is -3.67. The number of nitrogens with zero attached hydrogens (tertiary/aromatic N) is 3. The maximum Gasteiger partial charge on any atom is 0.257 e. The maximum atomic E-state index is 13.2. The third-order valence-corrected chi connectivity index (χ3v) is 7.44. The third kappa shape index (κ3) is 3.69. The Hall–Kier alpha value is -2.23. The topological polar surface area (TPSA) is 85.5 Å². The minimum absolute atomic E-state index is 0.121. The van der Waals surface area contributed by atoms with E-state index in [9.17, 15) is 8.42 Å². The lowest BCUT2D eigenvalue weighted by Crippen LogP contribution is -2.39. The van der Waals surface area contributed by atoms with Gasteiger partial charge in [-0.15, -0.1) is 21.5 Å². The summed E-state index contributed by atoms with van der Waals surface area (Å²) in [5.74, 6) is 1.22. The number of hydrogen-bond donors (Lipinski definition) is 0. The smallest absolute Gasteiger partial charge is 0.257 e. The van der Waals surface area contributed by atoms with E-state index in [0.717, 1.165) is 17.7 Å². The molecule has 0 bridgehead atoms. The van der Waals surface area contributed by atoms with Gasteiger partial charge in [0.2, 0.25) is 15.9 Å². The number of rotatable bonds is 6. The molecule has 0 N–H and O–H groups in total. The van der Waals surface area contributed by atoms with Gasteiger partial charge in [0.05, 0.1) is 17.4 Å². The van der Waals surface area contributed by atoms with Gasteiger partial charge in [-0.3, -0.25) is 0 Å². The molecule has 3 heterocycles. The molecule has 1 aromatic carbocycles. The van der Waals surface area contributed by atoms with Crippen LogP contribution in [-0.2, 0) is 10.0 Å². The largest absolute Gasteiger partial charge is 0.492 e. The second kappa shape index (κ2) is 8.02. The molecule has 4 rings (SSSR count). The number of sulfonamides is 1. The molecule has 1 aliphatic heterocycles. The monoisotopic (exact) mass is 419 g/mol. The molecule has 1 atom stereocenters. The molecule has 0 spiro atoms. The number of ether oxygens (including phenoxy) is 1. The van der Waals surface area contributed by atoms with E-state index < -0.39 is 10.0 Å². The summed E-state index contributed by atoms with van der Waals surface area (Å²) >= 11 is 1.53. The minimum Gasteiger partial charge on any atom is -0.492 e. The predicted octanol–water partition coefficient (Wildman–Crippen LogP) is 3.77. The molecular weight excluding hydrogens is 398 g/mol. The van der Waals surface area contributed by atoms with Crippen LogP contribution in [0.15, 0.2) is 51.1 Å². The van der Waals surface area contributed by atoms with E-state index in [4.69, 9.17) is 9.15 Å². The fourth-order valence-corrected chi connectivity index (χ4v) is 5.64. The normalized spacial score (nSPS) is 18.2. The molecule has 28 heavy (non-hydrogen) atoms. The van der Waals surface area contributed by atoms with E-state index in [1.807, 2.05) is 24.4 Å². The summed E-state index contributed by atoms with van der Waals surface area (Å²) in [5, 5.41) is 10.2. The first-order valence-electron chi connectivity index (χ1n) is 9.19. The van der Waals surface area contributed by atoms with Gasteiger partial charge in [0.25, 0.3) is 5.89 Å². The van der Waals surface area contributed by atoms with Gasteiger partial charge in [-0.05, 0) is 43.3 Å². The highest BCUT2D eigenvalue weighted by atomic mass is 32.2. The first kappa shape index (κ1) is 19.1. The Morgan fingerprint density at radius 3 is 2.89 bits per heavy atom. The number of benzene rings is 1. The summed E-state index contributed by atoms with van der Waals surface area (Å²) in [6, 6.07) is 10.6. The molecule has 0 aliphatic carbocycles. The predicted molar refractivity (Wildman–Crippen MR) is 106 cm³/mol. The van der Waals surface area contributed by atoms with Crippen LogP contribution in [0.2, 0.25) is 0 Å². The lowest BCUT2D eigenvalue weighted by atomic mass is 10.00. The number of thiophene rings is 1. The second-order valence-electron chi connectivity index (χ2n) is 6.50. The molecule has 2 aromatic heterocycles. The molecule has 1 fully saturated rings. The molecular formula is C19H21N3O4S2. The van der Waals surface area contributed by atoms with E-state index >= 15 is 0 Å². The molecule has 1 saturated heterocycles. The third-order valence-electron chi connectivity index (χ3n) is 4.67. The van der Waals surface area contributed by atoms with Crippen molar-refractivity contribution in [1.29, 1.82) is 0 Å². The molecule has 0 radical (unpaired) electrons. The fraction of sp³-hybridized carbons (Fsp3) is 0.368. The first-order valence-corrected chi connectivity index (χ1v) is 11.5. The molecule has 7 nitrogen and oxygen atoms in total. The van der Waals surface area contributed by atoms with Gasteiger partial charge in [0, 0.05) is 13.1 Å². The van der Waals surface area contributed by atoms with Crippen molar-refractivity contribution in [3.63, 3.8) is 0 Å². The molecule has 0 amide bonds. The van der Waals surface area contributed by atoms with Crippen LogP contribution >= 0.6 is 11.3 Å². The quantitative estimate of drug-likeness (QED) is 0.605. The highest BCUT2D eigenvalue weighted by Crippen LogP contribution is 2.34. The first-order chi connectivity index (χ1) is 13.6. The van der Waals surface area contributed by atoms with E-state index in [1.54, 1.807) is 24.3 Å². The lowest BCUT2D eigenvalue weighted by molar-refractivity contribution is 0.283. The summed E-state index contributed by atoms with van der Waals surface area (Å²) in [5.41, 5.74) is 0. The lowest BCUT2D eigenvalue weighted by Gasteiger charge is -2.30. The molecule has 3 aromatic rings. The van der Waals surface area contributed by atoms with Crippen molar-refractivity contribution in [3.8, 4) is 16.5 Å². The second-order valence-corrected chi connectivity index (χ2v) is 9.36. The van der Waals surface area contributed by atoms with Crippen molar-refractivity contribution in [3.05, 3.63) is 47.7 Å². The zero-order chi connectivity index (χ0) is 19.6. The maximum absolute atomic E-state index is 13.2. The van der Waals surface area contributed by atoms with Crippen molar-refractivity contribution in [2.45, 2.75) is 30.6 Å². The zero-order valence-corrected chi connectivity index (χ0v) is 17.1. The SMILES string of the molecule is CCOc1ccccc1S(=O)(=O)N1CCCC(c2nnc(-c3cccs3)o2)C1. The summed E-state index contributed by atoms with van der Waals surface area (Å²) < 4.78 is 39.3. The van der Waals surface area contributed by atoms with Gasteiger partial charge in [0.1, 0.15) is 10.6 Å². The summed E-state index contributed by atoms with van der Waals surface area (Å²) in [6.07, 6.45) is 1.54. The van der Waals surface area contributed by atoms with Crippen LogP contribution in [0, 0.1) is 0 Å². The van der Waals surface area contributed by atoms with Crippen molar-refractivity contribution in [1.82, 2.24) is 14.5 Å². The van der Waals surface area contributed by atoms with Gasteiger partial charge in [-0.25, -0.2) is 8.42 Å². The Balaban J connectivity index is 1.57. The van der Waals surface area contributed by atoms with Crippen LogP contribution in [0.25, 0.3) is 10.8 Å². The van der Waals surface area contributed by atoms with Crippen molar-refractivity contribution < 1.29 is 17.6 Å². The van der Waals surface area contributed by atoms with E-state index in [1.165, 1.54) is 15.6 Å². The number of hydrogen-bond acceptors (Lipinski definition) is 7. The molecule has 148 valence electrons. The van der Waals surface area contributed by atoms with Crippen LogP contribution in [0.4, 0.5) is 0 Å². The van der Waals surface area contributed by atoms with Gasteiger partial charge in [-0.1, -0.05) is 18.2 Å². The van der Waals surface area contributed by atoms with Crippen LogP contribution < -0.4 is 4.74 Å². The molecule has 1 aliphatic rings. The Morgan fingerprint density at radius 1 is 1.25 bits per heavy atom. The Labute approximate surface area is 168 Å². The minimum atomic E-state index is -3.67. The standard InChI is InChI=1S/C19H21N3O4S2/c1-2-25-15-8-3-4-10-17(15)28(23,24)22-11-5-7-14(13-22)18-20-21-19(26-18)16-9-6-12-27-16/h3-4,6,8-10,12,14H,2,5,7,11,13H2,1H3. The van der Waals surface area contributed by atoms with Gasteiger partial charge < -0.3 is 9.15 Å². The Morgan fingerprint density at radius 2 is 2.11 bits per heavy atom. The van der Waals surface area contributed by atoms with Crippen molar-refractivity contribution in [2.24, 2.45) is 0 Å². The van der Waals surface area contributed by atoms with Crippen LogP contribution in [-0.4, -0.2) is 42.6 Å². The van der Waals surface area contributed by atoms with Crippen LogP contribution in [0.1, 0.15) is 31.6 Å². The van der Waals surface area contributed by atoms with E-state index in [-0.39, 0.29) is 10.8 Å². The van der Waals surface area contributed by atoms with Gasteiger partial charge in [0.15, 0.2) is 0 Å². The molecule has 0 saturated carbocycles. The van der Waals surface area contributed by atoms with Gasteiger partial charge in [-0.2, -0.15) is 4.31 Å². The van der Waals surface area contributed by atoms with E-state index in [2.05, 4.69) is 10.2 Å². The average Bonchev–Trinajstić information content (AvgIpc) is 3.40. The van der Waals surface area contributed by atoms with Crippen LogP contribution in [0.3, 0.4) is 0 Å². The number of aromatic nitrogens is 2.